The molecule has 5 heteroatoms. The lowest BCUT2D eigenvalue weighted by Gasteiger charge is -2.13. The van der Waals surface area contributed by atoms with Crippen LogP contribution in [-0.2, 0) is 12.7 Å². The molecule has 106 valence electrons. The molecule has 20 heavy (non-hydrogen) atoms. The molecule has 0 aliphatic rings. The normalized spacial score (nSPS) is 11.4. The number of ether oxygens (including phenoxy) is 1. The monoisotopic (exact) mass is 281 g/mol. The molecule has 0 radical (unpaired) electrons. The Balaban J connectivity index is 2.51. The second-order valence-electron chi connectivity index (χ2n) is 4.31. The molecule has 0 spiro atoms. The van der Waals surface area contributed by atoms with Gasteiger partial charge in [0.2, 0.25) is 0 Å². The van der Waals surface area contributed by atoms with E-state index in [2.05, 4.69) is 0 Å². The zero-order chi connectivity index (χ0) is 14.8. The summed E-state index contributed by atoms with van der Waals surface area (Å²) in [7, 11) is 1.54. The summed E-state index contributed by atoms with van der Waals surface area (Å²) < 4.78 is 43.2. The largest absolute Gasteiger partial charge is 0.497 e. The van der Waals surface area contributed by atoms with Gasteiger partial charge in [0.25, 0.3) is 0 Å². The number of nitrogens with two attached hydrogens (primary N) is 1. The molecule has 0 saturated heterocycles. The highest BCUT2D eigenvalue weighted by Gasteiger charge is 2.30. The average molecular weight is 281 g/mol. The first-order chi connectivity index (χ1) is 9.45. The summed E-state index contributed by atoms with van der Waals surface area (Å²) in [4.78, 5) is 0. The van der Waals surface area contributed by atoms with Gasteiger partial charge in [-0.15, -0.1) is 0 Å². The molecule has 0 bridgehead atoms. The lowest BCUT2D eigenvalue weighted by atomic mass is 9.97. The number of benzene rings is 2. The van der Waals surface area contributed by atoms with Crippen molar-refractivity contribution in [1.29, 1.82) is 0 Å². The molecule has 0 atom stereocenters. The van der Waals surface area contributed by atoms with Crippen LogP contribution in [0.4, 0.5) is 13.2 Å². The van der Waals surface area contributed by atoms with Gasteiger partial charge in [-0.1, -0.05) is 18.2 Å². The Labute approximate surface area is 115 Å². The Hall–Kier alpha value is -2.01. The molecule has 0 saturated carbocycles. The van der Waals surface area contributed by atoms with E-state index in [9.17, 15) is 13.2 Å². The number of halogens is 3. The van der Waals surface area contributed by atoms with Crippen molar-refractivity contribution in [3.8, 4) is 16.9 Å². The molecule has 0 aromatic heterocycles. The third kappa shape index (κ3) is 2.93. The first-order valence-electron chi connectivity index (χ1n) is 6.00. The summed E-state index contributed by atoms with van der Waals surface area (Å²) in [5.74, 6) is 0.644. The highest BCUT2D eigenvalue weighted by Crippen LogP contribution is 2.34. The van der Waals surface area contributed by atoms with Crippen LogP contribution in [0.15, 0.2) is 42.5 Å². The van der Waals surface area contributed by atoms with Crippen LogP contribution in [-0.4, -0.2) is 7.11 Å². The van der Waals surface area contributed by atoms with Crippen LogP contribution in [0.25, 0.3) is 11.1 Å². The van der Waals surface area contributed by atoms with Crippen LogP contribution < -0.4 is 10.5 Å². The van der Waals surface area contributed by atoms with E-state index in [0.29, 0.717) is 16.9 Å². The number of hydrogen-bond acceptors (Lipinski definition) is 2. The summed E-state index contributed by atoms with van der Waals surface area (Å²) in [6, 6.07) is 10.7. The van der Waals surface area contributed by atoms with Gasteiger partial charge in [-0.2, -0.15) is 13.2 Å². The minimum atomic E-state index is -4.36. The van der Waals surface area contributed by atoms with Crippen molar-refractivity contribution in [3.05, 3.63) is 53.6 Å². The molecule has 0 unspecified atom stereocenters. The maximum atomic E-state index is 12.7. The van der Waals surface area contributed by atoms with Crippen molar-refractivity contribution in [2.24, 2.45) is 5.73 Å². The fourth-order valence-corrected chi connectivity index (χ4v) is 2.01. The fraction of sp³-hybridized carbons (Fsp3) is 0.200. The van der Waals surface area contributed by atoms with Crippen LogP contribution in [0.3, 0.4) is 0 Å². The Morgan fingerprint density at radius 1 is 1.10 bits per heavy atom. The maximum Gasteiger partial charge on any atom is 0.416 e. The lowest BCUT2D eigenvalue weighted by Crippen LogP contribution is -2.08. The topological polar surface area (TPSA) is 35.2 Å². The highest BCUT2D eigenvalue weighted by molar-refractivity contribution is 5.69. The molecule has 2 rings (SSSR count). The van der Waals surface area contributed by atoms with Crippen LogP contribution in [0.1, 0.15) is 11.1 Å². The highest BCUT2D eigenvalue weighted by atomic mass is 19.4. The van der Waals surface area contributed by atoms with Crippen molar-refractivity contribution in [2.45, 2.75) is 12.7 Å². The summed E-state index contributed by atoms with van der Waals surface area (Å²) in [5.41, 5.74) is 6.79. The molecule has 2 nitrogen and oxygen atoms in total. The van der Waals surface area contributed by atoms with Crippen molar-refractivity contribution in [2.75, 3.05) is 7.11 Å². The summed E-state index contributed by atoms with van der Waals surface area (Å²) in [6.45, 7) is 0.0382. The van der Waals surface area contributed by atoms with E-state index >= 15 is 0 Å². The van der Waals surface area contributed by atoms with E-state index in [-0.39, 0.29) is 6.54 Å². The molecule has 0 aliphatic heterocycles. The smallest absolute Gasteiger partial charge is 0.416 e. The SMILES string of the molecule is COc1cccc(-c2ccc(C(F)(F)F)cc2CN)c1. The Morgan fingerprint density at radius 3 is 2.45 bits per heavy atom. The molecule has 2 aromatic rings. The third-order valence-electron chi connectivity index (χ3n) is 3.03. The average Bonchev–Trinajstić information content (AvgIpc) is 2.45. The van der Waals surface area contributed by atoms with Gasteiger partial charge in [-0.3, -0.25) is 0 Å². The predicted molar refractivity (Wildman–Crippen MR) is 71.3 cm³/mol. The number of rotatable bonds is 3. The Morgan fingerprint density at radius 2 is 1.85 bits per heavy atom. The molecular formula is C15H14F3NO. The Bertz CT molecular complexity index is 608. The van der Waals surface area contributed by atoms with E-state index in [4.69, 9.17) is 10.5 Å². The minimum absolute atomic E-state index is 0.0382. The summed E-state index contributed by atoms with van der Waals surface area (Å²) in [6.07, 6.45) is -4.36. The number of hydrogen-bond donors (Lipinski definition) is 1. The third-order valence-corrected chi connectivity index (χ3v) is 3.03. The zero-order valence-corrected chi connectivity index (χ0v) is 10.9. The van der Waals surface area contributed by atoms with Gasteiger partial charge >= 0.3 is 6.18 Å². The lowest BCUT2D eigenvalue weighted by molar-refractivity contribution is -0.137. The van der Waals surface area contributed by atoms with Crippen LogP contribution >= 0.6 is 0 Å². The first-order valence-corrected chi connectivity index (χ1v) is 6.00. The van der Waals surface area contributed by atoms with Gasteiger partial charge in [0.05, 0.1) is 12.7 Å². The van der Waals surface area contributed by atoms with Crippen LogP contribution in [0.2, 0.25) is 0 Å². The van der Waals surface area contributed by atoms with Crippen molar-refractivity contribution in [3.63, 3.8) is 0 Å². The van der Waals surface area contributed by atoms with E-state index in [0.717, 1.165) is 17.7 Å². The first kappa shape index (κ1) is 14.4. The van der Waals surface area contributed by atoms with Gasteiger partial charge in [-0.25, -0.2) is 0 Å². The molecule has 2 N–H and O–H groups in total. The molecule has 0 amide bonds. The van der Waals surface area contributed by atoms with E-state index in [1.165, 1.54) is 13.2 Å². The van der Waals surface area contributed by atoms with Crippen molar-refractivity contribution in [1.82, 2.24) is 0 Å². The predicted octanol–water partition coefficient (Wildman–Crippen LogP) is 3.84. The minimum Gasteiger partial charge on any atom is -0.497 e. The standard InChI is InChI=1S/C15H14F3NO/c1-20-13-4-2-3-10(8-13)14-6-5-12(15(16,17)18)7-11(14)9-19/h2-8H,9,19H2,1H3. The van der Waals surface area contributed by atoms with E-state index < -0.39 is 11.7 Å². The van der Waals surface area contributed by atoms with Gasteiger partial charge < -0.3 is 10.5 Å². The fourth-order valence-electron chi connectivity index (χ4n) is 2.01. The van der Waals surface area contributed by atoms with Gasteiger partial charge in [-0.05, 0) is 41.0 Å². The second-order valence-corrected chi connectivity index (χ2v) is 4.31. The van der Waals surface area contributed by atoms with E-state index in [1.54, 1.807) is 18.2 Å². The summed E-state index contributed by atoms with van der Waals surface area (Å²) in [5, 5.41) is 0. The molecule has 2 aromatic carbocycles. The quantitative estimate of drug-likeness (QED) is 0.927. The van der Waals surface area contributed by atoms with Crippen LogP contribution in [0, 0.1) is 0 Å². The van der Waals surface area contributed by atoms with Crippen molar-refractivity contribution < 1.29 is 17.9 Å². The van der Waals surface area contributed by atoms with E-state index in [1.807, 2.05) is 6.07 Å². The van der Waals surface area contributed by atoms with Gasteiger partial charge in [0.1, 0.15) is 5.75 Å². The Kier molecular flexibility index (Phi) is 3.99. The molecule has 0 fully saturated rings. The van der Waals surface area contributed by atoms with Gasteiger partial charge in [0, 0.05) is 6.54 Å². The molecule has 0 heterocycles. The van der Waals surface area contributed by atoms with Crippen LogP contribution in [0.5, 0.6) is 5.75 Å². The molecule has 0 aliphatic carbocycles. The van der Waals surface area contributed by atoms with Gasteiger partial charge in [0.15, 0.2) is 0 Å². The summed E-state index contributed by atoms with van der Waals surface area (Å²) >= 11 is 0. The zero-order valence-electron chi connectivity index (χ0n) is 10.9. The molecular weight excluding hydrogens is 267 g/mol. The number of alkyl halides is 3. The van der Waals surface area contributed by atoms with Crippen molar-refractivity contribution >= 4 is 0 Å². The number of methoxy groups -OCH3 is 1. The maximum absolute atomic E-state index is 12.7. The second kappa shape index (κ2) is 5.54.